The number of carbonyl (C=O) groups is 1. The molecule has 1 N–H and O–H groups in total. The molecule has 4 aromatic rings. The molecule has 142 valence electrons. The SMILES string of the molecule is Cc1c(C(=O)Nc2c(C)n(C)n(-c3ccccc3)c2=O)oc2ccc(F)cc12. The van der Waals surface area contributed by atoms with E-state index in [4.69, 9.17) is 4.42 Å². The van der Waals surface area contributed by atoms with Crippen molar-refractivity contribution in [2.45, 2.75) is 13.8 Å². The number of nitrogens with zero attached hydrogens (tertiary/aromatic N) is 2. The number of rotatable bonds is 3. The number of furan rings is 1. The number of para-hydroxylation sites is 1. The van der Waals surface area contributed by atoms with Crippen LogP contribution in [0, 0.1) is 19.7 Å². The number of carbonyl (C=O) groups excluding carboxylic acids is 1. The van der Waals surface area contributed by atoms with Gasteiger partial charge < -0.3 is 9.73 Å². The van der Waals surface area contributed by atoms with Crippen molar-refractivity contribution in [2.75, 3.05) is 5.32 Å². The predicted molar refractivity (Wildman–Crippen MR) is 105 cm³/mol. The van der Waals surface area contributed by atoms with Crippen molar-refractivity contribution in [3.8, 4) is 5.69 Å². The van der Waals surface area contributed by atoms with Gasteiger partial charge in [0.2, 0.25) is 0 Å². The minimum atomic E-state index is -0.555. The first-order valence-electron chi connectivity index (χ1n) is 8.72. The molecule has 6 nitrogen and oxygen atoms in total. The van der Waals surface area contributed by atoms with Crippen molar-refractivity contribution in [1.82, 2.24) is 9.36 Å². The van der Waals surface area contributed by atoms with E-state index in [0.29, 0.717) is 27.9 Å². The average Bonchev–Trinajstić information content (AvgIpc) is 3.12. The lowest BCUT2D eigenvalue weighted by molar-refractivity contribution is 0.0997. The van der Waals surface area contributed by atoms with E-state index in [1.807, 2.05) is 30.3 Å². The van der Waals surface area contributed by atoms with Crippen LogP contribution in [0.4, 0.5) is 10.1 Å². The number of benzene rings is 2. The molecule has 0 aliphatic rings. The standard InChI is InChI=1S/C21H18FN3O3/c1-12-16-11-14(22)9-10-17(16)28-19(12)20(26)23-18-13(2)24(3)25(21(18)27)15-7-5-4-6-8-15/h4-11H,1-3H3,(H,23,26). The number of nitrogens with one attached hydrogen (secondary N) is 1. The summed E-state index contributed by atoms with van der Waals surface area (Å²) in [5.41, 5.74) is 2.04. The second-order valence-corrected chi connectivity index (χ2v) is 6.59. The highest BCUT2D eigenvalue weighted by Crippen LogP contribution is 2.27. The molecule has 4 rings (SSSR count). The highest BCUT2D eigenvalue weighted by Gasteiger charge is 2.23. The third-order valence-corrected chi connectivity index (χ3v) is 4.90. The largest absolute Gasteiger partial charge is 0.451 e. The van der Waals surface area contributed by atoms with Gasteiger partial charge in [-0.15, -0.1) is 0 Å². The summed E-state index contributed by atoms with van der Waals surface area (Å²) >= 11 is 0. The van der Waals surface area contributed by atoms with Gasteiger partial charge in [-0.05, 0) is 44.2 Å². The highest BCUT2D eigenvalue weighted by molar-refractivity contribution is 6.06. The van der Waals surface area contributed by atoms with Gasteiger partial charge in [0.15, 0.2) is 5.76 Å². The van der Waals surface area contributed by atoms with Crippen molar-refractivity contribution >= 4 is 22.6 Å². The zero-order valence-electron chi connectivity index (χ0n) is 15.6. The van der Waals surface area contributed by atoms with Crippen LogP contribution in [-0.4, -0.2) is 15.3 Å². The fourth-order valence-corrected chi connectivity index (χ4v) is 3.29. The molecule has 0 atom stereocenters. The summed E-state index contributed by atoms with van der Waals surface area (Å²) in [6, 6.07) is 13.2. The molecule has 0 saturated carbocycles. The van der Waals surface area contributed by atoms with Crippen molar-refractivity contribution in [2.24, 2.45) is 7.05 Å². The van der Waals surface area contributed by atoms with Crippen molar-refractivity contribution < 1.29 is 13.6 Å². The van der Waals surface area contributed by atoms with E-state index in [1.54, 1.807) is 25.6 Å². The van der Waals surface area contributed by atoms with E-state index in [0.717, 1.165) is 0 Å². The van der Waals surface area contributed by atoms with Gasteiger partial charge in [0, 0.05) is 18.0 Å². The Balaban J connectivity index is 1.75. The molecule has 0 radical (unpaired) electrons. The number of hydrogen-bond acceptors (Lipinski definition) is 3. The third-order valence-electron chi connectivity index (χ3n) is 4.90. The van der Waals surface area contributed by atoms with Crippen LogP contribution in [0.15, 0.2) is 57.7 Å². The molecular formula is C21H18FN3O3. The third kappa shape index (κ3) is 2.72. The molecule has 1 amide bonds. The first-order valence-corrected chi connectivity index (χ1v) is 8.72. The lowest BCUT2D eigenvalue weighted by Gasteiger charge is -2.07. The first kappa shape index (κ1) is 17.8. The Morgan fingerprint density at radius 3 is 2.54 bits per heavy atom. The summed E-state index contributed by atoms with van der Waals surface area (Å²) in [5, 5.41) is 3.19. The normalized spacial score (nSPS) is 11.1. The van der Waals surface area contributed by atoms with Crippen molar-refractivity contribution in [1.29, 1.82) is 0 Å². The summed E-state index contributed by atoms with van der Waals surface area (Å²) in [5.74, 6) is -0.914. The van der Waals surface area contributed by atoms with Crippen LogP contribution in [-0.2, 0) is 7.05 Å². The molecule has 2 aromatic heterocycles. The quantitative estimate of drug-likeness (QED) is 0.586. The average molecular weight is 379 g/mol. The maximum Gasteiger partial charge on any atom is 0.295 e. The fraction of sp³-hybridized carbons (Fsp3) is 0.143. The summed E-state index contributed by atoms with van der Waals surface area (Å²) in [4.78, 5) is 25.7. The smallest absolute Gasteiger partial charge is 0.295 e. The van der Waals surface area contributed by atoms with E-state index in [1.165, 1.54) is 22.9 Å². The van der Waals surface area contributed by atoms with Crippen LogP contribution in [0.25, 0.3) is 16.7 Å². The molecule has 28 heavy (non-hydrogen) atoms. The molecular weight excluding hydrogens is 361 g/mol. The minimum Gasteiger partial charge on any atom is -0.451 e. The summed E-state index contributed by atoms with van der Waals surface area (Å²) in [6.07, 6.45) is 0. The molecule has 2 heterocycles. The Hall–Kier alpha value is -3.61. The van der Waals surface area contributed by atoms with Gasteiger partial charge in [-0.1, -0.05) is 18.2 Å². The minimum absolute atomic E-state index is 0.0505. The van der Waals surface area contributed by atoms with Gasteiger partial charge in [-0.25, -0.2) is 9.07 Å². The van der Waals surface area contributed by atoms with Crippen molar-refractivity contribution in [3.05, 3.63) is 81.7 Å². The molecule has 0 aliphatic heterocycles. The van der Waals surface area contributed by atoms with Crippen LogP contribution in [0.3, 0.4) is 0 Å². The number of fused-ring (bicyclic) bond motifs is 1. The number of amides is 1. The van der Waals surface area contributed by atoms with Gasteiger partial charge in [-0.3, -0.25) is 14.3 Å². The van der Waals surface area contributed by atoms with Crippen LogP contribution in [0.2, 0.25) is 0 Å². The molecule has 0 bridgehead atoms. The Kier molecular flexibility index (Phi) is 4.15. The molecule has 0 aliphatic carbocycles. The monoisotopic (exact) mass is 379 g/mol. The van der Waals surface area contributed by atoms with Crippen LogP contribution >= 0.6 is 0 Å². The summed E-state index contributed by atoms with van der Waals surface area (Å²) in [7, 11) is 1.74. The lowest BCUT2D eigenvalue weighted by Crippen LogP contribution is -2.23. The number of halogens is 1. The zero-order chi connectivity index (χ0) is 20.0. The van der Waals surface area contributed by atoms with Gasteiger partial charge in [-0.2, -0.15) is 0 Å². The van der Waals surface area contributed by atoms with Crippen LogP contribution in [0.5, 0.6) is 0 Å². The first-order chi connectivity index (χ1) is 13.4. The maximum atomic E-state index is 13.5. The Morgan fingerprint density at radius 2 is 1.82 bits per heavy atom. The Bertz CT molecular complexity index is 1270. The predicted octanol–water partition coefficient (Wildman–Crippen LogP) is 3.93. The summed E-state index contributed by atoms with van der Waals surface area (Å²) in [6.45, 7) is 3.43. The maximum absolute atomic E-state index is 13.5. The topological polar surface area (TPSA) is 69.2 Å². The lowest BCUT2D eigenvalue weighted by atomic mass is 10.1. The second kappa shape index (κ2) is 6.53. The van der Waals surface area contributed by atoms with E-state index in [9.17, 15) is 14.0 Å². The molecule has 0 saturated heterocycles. The molecule has 7 heteroatoms. The van der Waals surface area contributed by atoms with Crippen LogP contribution in [0.1, 0.15) is 21.8 Å². The highest BCUT2D eigenvalue weighted by atomic mass is 19.1. The molecule has 2 aromatic carbocycles. The van der Waals surface area contributed by atoms with Crippen LogP contribution < -0.4 is 10.9 Å². The zero-order valence-corrected chi connectivity index (χ0v) is 15.6. The van der Waals surface area contributed by atoms with Gasteiger partial charge in [0.05, 0.1) is 11.4 Å². The number of aryl methyl sites for hydroxylation is 1. The van der Waals surface area contributed by atoms with Gasteiger partial charge in [0.1, 0.15) is 17.1 Å². The van der Waals surface area contributed by atoms with E-state index < -0.39 is 11.7 Å². The van der Waals surface area contributed by atoms with E-state index in [2.05, 4.69) is 5.32 Å². The number of hydrogen-bond donors (Lipinski definition) is 1. The second-order valence-electron chi connectivity index (χ2n) is 6.59. The Morgan fingerprint density at radius 1 is 1.11 bits per heavy atom. The molecule has 0 fully saturated rings. The number of anilines is 1. The van der Waals surface area contributed by atoms with E-state index in [-0.39, 0.29) is 17.0 Å². The molecule has 0 unspecified atom stereocenters. The van der Waals surface area contributed by atoms with Crippen molar-refractivity contribution in [3.63, 3.8) is 0 Å². The summed E-state index contributed by atoms with van der Waals surface area (Å²) < 4.78 is 22.2. The van der Waals surface area contributed by atoms with E-state index >= 15 is 0 Å². The Labute approximate surface area is 159 Å². The number of aromatic nitrogens is 2. The molecule has 0 spiro atoms. The van der Waals surface area contributed by atoms with Gasteiger partial charge >= 0.3 is 0 Å². The fourth-order valence-electron chi connectivity index (χ4n) is 3.29. The van der Waals surface area contributed by atoms with Gasteiger partial charge in [0.25, 0.3) is 11.5 Å².